The Morgan fingerprint density at radius 1 is 1.14 bits per heavy atom. The van der Waals surface area contributed by atoms with E-state index in [1.165, 1.54) is 12.8 Å². The molecule has 0 bridgehead atoms. The third-order valence-corrected chi connectivity index (χ3v) is 5.04. The molecule has 0 atom stereocenters. The molecular weight excluding hydrogens is 356 g/mol. The molecule has 0 radical (unpaired) electrons. The molecule has 2 aromatic carbocycles. The van der Waals surface area contributed by atoms with Crippen molar-refractivity contribution in [1.29, 1.82) is 0 Å². The highest BCUT2D eigenvalue weighted by atomic mass is 16.5. The van der Waals surface area contributed by atoms with E-state index in [9.17, 15) is 9.59 Å². The van der Waals surface area contributed by atoms with Gasteiger partial charge in [0, 0.05) is 11.3 Å². The third kappa shape index (κ3) is 3.60. The molecule has 1 heterocycles. The fourth-order valence-electron chi connectivity index (χ4n) is 3.64. The molecule has 1 aliphatic carbocycles. The Kier molecular flexibility index (Phi) is 5.06. The number of rotatable bonds is 5. The zero-order chi connectivity index (χ0) is 19.5. The summed E-state index contributed by atoms with van der Waals surface area (Å²) in [5, 5.41) is 11.4. The third-order valence-electron chi connectivity index (χ3n) is 5.04. The average Bonchev–Trinajstić information content (AvgIpc) is 3.37. The number of hydrogen-bond donors (Lipinski definition) is 1. The van der Waals surface area contributed by atoms with E-state index < -0.39 is 5.97 Å². The summed E-state index contributed by atoms with van der Waals surface area (Å²) >= 11 is 0. The largest absolute Gasteiger partial charge is 0.462 e. The van der Waals surface area contributed by atoms with Crippen molar-refractivity contribution in [3.05, 3.63) is 53.6 Å². The number of nitrogens with zero attached hydrogens (tertiary/aromatic N) is 3. The molecule has 1 N–H and O–H groups in total. The molecule has 7 nitrogen and oxygen atoms in total. The SMILES string of the molecule is CCOC(=O)c1cccc(NC(=O)c2ccc3c(c2)nnn3C2CCCC2)c1. The number of nitrogens with one attached hydrogen (secondary N) is 1. The Hall–Kier alpha value is -3.22. The summed E-state index contributed by atoms with van der Waals surface area (Å²) in [4.78, 5) is 24.5. The van der Waals surface area contributed by atoms with E-state index in [2.05, 4.69) is 15.6 Å². The molecule has 7 heteroatoms. The second kappa shape index (κ2) is 7.80. The minimum Gasteiger partial charge on any atom is -0.462 e. The van der Waals surface area contributed by atoms with Crippen LogP contribution in [0.4, 0.5) is 5.69 Å². The molecule has 1 aliphatic rings. The van der Waals surface area contributed by atoms with E-state index >= 15 is 0 Å². The maximum Gasteiger partial charge on any atom is 0.338 e. The van der Waals surface area contributed by atoms with Gasteiger partial charge in [0.2, 0.25) is 0 Å². The van der Waals surface area contributed by atoms with E-state index in [1.807, 2.05) is 10.7 Å². The van der Waals surface area contributed by atoms with Gasteiger partial charge in [-0.3, -0.25) is 4.79 Å². The van der Waals surface area contributed by atoms with Gasteiger partial charge in [-0.1, -0.05) is 24.1 Å². The van der Waals surface area contributed by atoms with Crippen LogP contribution in [0.3, 0.4) is 0 Å². The Labute approximate surface area is 162 Å². The highest BCUT2D eigenvalue weighted by Gasteiger charge is 2.20. The molecule has 1 fully saturated rings. The molecule has 1 aromatic heterocycles. The molecule has 0 aliphatic heterocycles. The van der Waals surface area contributed by atoms with Crippen LogP contribution in [0.15, 0.2) is 42.5 Å². The van der Waals surface area contributed by atoms with Crippen LogP contribution in [-0.2, 0) is 4.74 Å². The van der Waals surface area contributed by atoms with Crippen molar-refractivity contribution in [1.82, 2.24) is 15.0 Å². The van der Waals surface area contributed by atoms with Gasteiger partial charge in [0.05, 0.1) is 23.7 Å². The van der Waals surface area contributed by atoms with Crippen molar-refractivity contribution in [2.45, 2.75) is 38.6 Å². The van der Waals surface area contributed by atoms with E-state index in [4.69, 9.17) is 4.74 Å². The fourth-order valence-corrected chi connectivity index (χ4v) is 3.64. The number of aromatic nitrogens is 3. The predicted molar refractivity (Wildman–Crippen MR) is 105 cm³/mol. The highest BCUT2D eigenvalue weighted by molar-refractivity contribution is 6.06. The number of hydrogen-bond acceptors (Lipinski definition) is 5. The number of amides is 1. The number of esters is 1. The first-order valence-electron chi connectivity index (χ1n) is 9.59. The molecule has 0 spiro atoms. The van der Waals surface area contributed by atoms with Crippen LogP contribution in [0.2, 0.25) is 0 Å². The molecular formula is C21H22N4O3. The van der Waals surface area contributed by atoms with Crippen molar-refractivity contribution >= 4 is 28.6 Å². The topological polar surface area (TPSA) is 86.1 Å². The van der Waals surface area contributed by atoms with Crippen LogP contribution in [0, 0.1) is 0 Å². The van der Waals surface area contributed by atoms with Gasteiger partial charge in [-0.15, -0.1) is 5.10 Å². The van der Waals surface area contributed by atoms with Gasteiger partial charge in [0.1, 0.15) is 5.52 Å². The Bertz CT molecular complexity index is 1020. The van der Waals surface area contributed by atoms with E-state index in [0.29, 0.717) is 35.0 Å². The highest BCUT2D eigenvalue weighted by Crippen LogP contribution is 2.31. The summed E-state index contributed by atoms with van der Waals surface area (Å²) in [5.74, 6) is -0.679. The first-order chi connectivity index (χ1) is 13.7. The van der Waals surface area contributed by atoms with E-state index in [0.717, 1.165) is 18.4 Å². The molecule has 1 saturated carbocycles. The van der Waals surface area contributed by atoms with Gasteiger partial charge in [-0.25, -0.2) is 9.48 Å². The number of carbonyl (C=O) groups excluding carboxylic acids is 2. The van der Waals surface area contributed by atoms with Crippen molar-refractivity contribution in [3.8, 4) is 0 Å². The van der Waals surface area contributed by atoms with Crippen LogP contribution in [0.5, 0.6) is 0 Å². The van der Waals surface area contributed by atoms with Crippen LogP contribution >= 0.6 is 0 Å². The standard InChI is InChI=1S/C21H22N4O3/c1-2-28-21(27)15-6-5-7-16(12-15)22-20(26)14-10-11-19-18(13-14)23-24-25(19)17-8-3-4-9-17/h5-7,10-13,17H,2-4,8-9H2,1H3,(H,22,26). The van der Waals surface area contributed by atoms with Crippen molar-refractivity contribution in [3.63, 3.8) is 0 Å². The van der Waals surface area contributed by atoms with E-state index in [-0.39, 0.29) is 5.91 Å². The van der Waals surface area contributed by atoms with Crippen molar-refractivity contribution in [2.75, 3.05) is 11.9 Å². The molecule has 144 valence electrons. The lowest BCUT2D eigenvalue weighted by Gasteiger charge is -2.10. The maximum atomic E-state index is 12.6. The van der Waals surface area contributed by atoms with E-state index in [1.54, 1.807) is 43.3 Å². The van der Waals surface area contributed by atoms with Crippen LogP contribution in [-0.4, -0.2) is 33.5 Å². The zero-order valence-corrected chi connectivity index (χ0v) is 15.7. The van der Waals surface area contributed by atoms with Crippen LogP contribution in [0.1, 0.15) is 59.4 Å². The molecule has 1 amide bonds. The fraction of sp³-hybridized carbons (Fsp3) is 0.333. The Morgan fingerprint density at radius 3 is 2.75 bits per heavy atom. The minimum absolute atomic E-state index is 0.265. The van der Waals surface area contributed by atoms with Gasteiger partial charge in [-0.05, 0) is 56.2 Å². The minimum atomic E-state index is -0.413. The van der Waals surface area contributed by atoms with Gasteiger partial charge in [0.25, 0.3) is 5.91 Å². The average molecular weight is 378 g/mol. The zero-order valence-electron chi connectivity index (χ0n) is 15.7. The Balaban J connectivity index is 1.53. The van der Waals surface area contributed by atoms with Crippen molar-refractivity contribution in [2.24, 2.45) is 0 Å². The normalized spacial score (nSPS) is 14.3. The summed E-state index contributed by atoms with van der Waals surface area (Å²) < 4.78 is 6.98. The second-order valence-electron chi connectivity index (χ2n) is 6.93. The van der Waals surface area contributed by atoms with Crippen LogP contribution < -0.4 is 5.32 Å². The Morgan fingerprint density at radius 2 is 1.96 bits per heavy atom. The second-order valence-corrected chi connectivity index (χ2v) is 6.93. The summed E-state index contributed by atoms with van der Waals surface area (Å²) in [6, 6.07) is 12.5. The van der Waals surface area contributed by atoms with Crippen LogP contribution in [0.25, 0.3) is 11.0 Å². The quantitative estimate of drug-likeness (QED) is 0.679. The van der Waals surface area contributed by atoms with Gasteiger partial charge in [0.15, 0.2) is 0 Å². The summed E-state index contributed by atoms with van der Waals surface area (Å²) in [6.07, 6.45) is 4.68. The number of fused-ring (bicyclic) bond motifs is 1. The molecule has 3 aromatic rings. The summed E-state index contributed by atoms with van der Waals surface area (Å²) in [5.41, 5.74) is 3.08. The lowest BCUT2D eigenvalue weighted by molar-refractivity contribution is 0.0526. The first-order valence-corrected chi connectivity index (χ1v) is 9.59. The number of carbonyl (C=O) groups is 2. The van der Waals surface area contributed by atoms with Gasteiger partial charge < -0.3 is 10.1 Å². The number of anilines is 1. The number of benzene rings is 2. The van der Waals surface area contributed by atoms with Crippen molar-refractivity contribution < 1.29 is 14.3 Å². The molecule has 0 unspecified atom stereocenters. The smallest absolute Gasteiger partial charge is 0.338 e. The van der Waals surface area contributed by atoms with Gasteiger partial charge in [-0.2, -0.15) is 0 Å². The number of ether oxygens (including phenoxy) is 1. The summed E-state index contributed by atoms with van der Waals surface area (Å²) in [6.45, 7) is 2.06. The predicted octanol–water partition coefficient (Wildman–Crippen LogP) is 3.98. The van der Waals surface area contributed by atoms with Gasteiger partial charge >= 0.3 is 5.97 Å². The lowest BCUT2D eigenvalue weighted by Crippen LogP contribution is -2.13. The maximum absolute atomic E-state index is 12.6. The monoisotopic (exact) mass is 378 g/mol. The molecule has 0 saturated heterocycles. The first kappa shape index (κ1) is 18.2. The molecule has 28 heavy (non-hydrogen) atoms. The summed E-state index contributed by atoms with van der Waals surface area (Å²) in [7, 11) is 0. The molecule has 4 rings (SSSR count). The lowest BCUT2D eigenvalue weighted by atomic mass is 10.1.